The number of carbonyl (C=O) groups excluding carboxylic acids is 1. The number of aryl methyl sites for hydroxylation is 1. The highest BCUT2D eigenvalue weighted by molar-refractivity contribution is 7.92. The van der Waals surface area contributed by atoms with Gasteiger partial charge in [0, 0.05) is 5.56 Å². The number of ketones is 1. The van der Waals surface area contributed by atoms with Crippen molar-refractivity contribution in [1.82, 2.24) is 0 Å². The Morgan fingerprint density at radius 3 is 2.29 bits per heavy atom. The van der Waals surface area contributed by atoms with Crippen LogP contribution < -0.4 is 4.72 Å². The second kappa shape index (κ2) is 5.65. The number of sulfonamides is 1. The van der Waals surface area contributed by atoms with Crippen LogP contribution in [-0.4, -0.2) is 14.2 Å². The quantitative estimate of drug-likeness (QED) is 0.883. The van der Waals surface area contributed by atoms with Gasteiger partial charge in [-0.25, -0.2) is 12.8 Å². The third kappa shape index (κ3) is 3.46. The minimum Gasteiger partial charge on any atom is -0.294 e. The van der Waals surface area contributed by atoms with Crippen molar-refractivity contribution < 1.29 is 17.6 Å². The molecule has 0 heterocycles. The van der Waals surface area contributed by atoms with E-state index in [4.69, 9.17) is 0 Å². The number of hydrogen-bond donors (Lipinski definition) is 1. The molecule has 6 heteroatoms. The molecule has 110 valence electrons. The lowest BCUT2D eigenvalue weighted by Crippen LogP contribution is -2.15. The fraction of sp³-hybridized carbons (Fsp3) is 0.133. The van der Waals surface area contributed by atoms with Crippen molar-refractivity contribution in [2.24, 2.45) is 0 Å². The predicted molar refractivity (Wildman–Crippen MR) is 78.4 cm³/mol. The molecule has 4 nitrogen and oxygen atoms in total. The first-order chi connectivity index (χ1) is 9.79. The molecule has 0 amide bonds. The van der Waals surface area contributed by atoms with Crippen molar-refractivity contribution in [3.8, 4) is 0 Å². The number of carbonyl (C=O) groups is 1. The van der Waals surface area contributed by atoms with Gasteiger partial charge in [-0.3, -0.25) is 9.52 Å². The molecule has 0 aromatic heterocycles. The molecular formula is C15H14FNO3S. The van der Waals surface area contributed by atoms with Gasteiger partial charge in [-0.1, -0.05) is 17.7 Å². The molecule has 0 spiro atoms. The molecule has 0 radical (unpaired) electrons. The maximum atomic E-state index is 13.3. The lowest BCUT2D eigenvalue weighted by atomic mass is 10.1. The molecule has 0 atom stereocenters. The van der Waals surface area contributed by atoms with Gasteiger partial charge in [-0.15, -0.1) is 0 Å². The summed E-state index contributed by atoms with van der Waals surface area (Å²) >= 11 is 0. The maximum absolute atomic E-state index is 13.3. The van der Waals surface area contributed by atoms with Crippen molar-refractivity contribution in [1.29, 1.82) is 0 Å². The molecule has 1 N–H and O–H groups in total. The van der Waals surface area contributed by atoms with Crippen molar-refractivity contribution >= 4 is 21.5 Å². The fourth-order valence-electron chi connectivity index (χ4n) is 1.83. The lowest BCUT2D eigenvalue weighted by molar-refractivity contribution is 0.101. The van der Waals surface area contributed by atoms with Gasteiger partial charge in [0.2, 0.25) is 0 Å². The second-order valence-electron chi connectivity index (χ2n) is 4.66. The van der Waals surface area contributed by atoms with Crippen molar-refractivity contribution in [3.05, 3.63) is 59.4 Å². The van der Waals surface area contributed by atoms with E-state index in [0.717, 1.165) is 17.7 Å². The van der Waals surface area contributed by atoms with Crippen LogP contribution in [0.5, 0.6) is 0 Å². The molecule has 0 aliphatic rings. The van der Waals surface area contributed by atoms with Gasteiger partial charge in [0.05, 0.1) is 10.6 Å². The van der Waals surface area contributed by atoms with E-state index in [9.17, 15) is 17.6 Å². The first kappa shape index (κ1) is 15.2. The van der Waals surface area contributed by atoms with E-state index < -0.39 is 15.8 Å². The topological polar surface area (TPSA) is 63.2 Å². The third-order valence-electron chi connectivity index (χ3n) is 2.94. The van der Waals surface area contributed by atoms with E-state index in [1.54, 1.807) is 12.1 Å². The number of nitrogens with one attached hydrogen (secondary N) is 1. The number of benzene rings is 2. The van der Waals surface area contributed by atoms with Gasteiger partial charge >= 0.3 is 0 Å². The highest BCUT2D eigenvalue weighted by atomic mass is 32.2. The number of halogens is 1. The Morgan fingerprint density at radius 2 is 1.71 bits per heavy atom. The minimum absolute atomic E-state index is 0.0480. The Morgan fingerprint density at radius 1 is 1.10 bits per heavy atom. The summed E-state index contributed by atoms with van der Waals surface area (Å²) in [6.45, 7) is 3.13. The number of anilines is 1. The van der Waals surface area contributed by atoms with Crippen LogP contribution in [0, 0.1) is 12.7 Å². The van der Waals surface area contributed by atoms with Crippen molar-refractivity contribution in [2.45, 2.75) is 18.7 Å². The monoisotopic (exact) mass is 307 g/mol. The van der Waals surface area contributed by atoms with E-state index in [-0.39, 0.29) is 21.9 Å². The van der Waals surface area contributed by atoms with Crippen LogP contribution in [0.15, 0.2) is 47.4 Å². The van der Waals surface area contributed by atoms with Crippen LogP contribution in [0.1, 0.15) is 22.8 Å². The fourth-order valence-corrected chi connectivity index (χ4v) is 2.90. The van der Waals surface area contributed by atoms with Gasteiger partial charge in [-0.05, 0) is 44.2 Å². The summed E-state index contributed by atoms with van der Waals surface area (Å²) in [7, 11) is -3.87. The van der Waals surface area contributed by atoms with E-state index in [2.05, 4.69) is 4.72 Å². The maximum Gasteiger partial charge on any atom is 0.261 e. The molecular weight excluding hydrogens is 293 g/mol. The molecule has 2 aromatic carbocycles. The molecule has 2 rings (SSSR count). The van der Waals surface area contributed by atoms with Crippen molar-refractivity contribution in [2.75, 3.05) is 4.72 Å². The highest BCUT2D eigenvalue weighted by Crippen LogP contribution is 2.22. The van der Waals surface area contributed by atoms with Crippen LogP contribution in [0.2, 0.25) is 0 Å². The average molecular weight is 307 g/mol. The normalized spacial score (nSPS) is 11.2. The smallest absolute Gasteiger partial charge is 0.261 e. The summed E-state index contributed by atoms with van der Waals surface area (Å²) in [5.41, 5.74) is 0.972. The summed E-state index contributed by atoms with van der Waals surface area (Å²) < 4.78 is 40.1. The molecule has 0 aliphatic heterocycles. The molecule has 0 saturated carbocycles. The number of Topliss-reactive ketones (excluding diaryl/α,β-unsaturated/α-hetero) is 1. The zero-order chi connectivity index (χ0) is 15.6. The lowest BCUT2D eigenvalue weighted by Gasteiger charge is -2.11. The first-order valence-corrected chi connectivity index (χ1v) is 7.68. The summed E-state index contributed by atoms with van der Waals surface area (Å²) in [5, 5.41) is 0. The molecule has 0 aliphatic carbocycles. The largest absolute Gasteiger partial charge is 0.294 e. The van der Waals surface area contributed by atoms with E-state index in [1.165, 1.54) is 25.1 Å². The summed E-state index contributed by atoms with van der Waals surface area (Å²) in [4.78, 5) is 11.5. The van der Waals surface area contributed by atoms with Gasteiger partial charge in [0.25, 0.3) is 10.0 Å². The Labute approximate surface area is 122 Å². The van der Waals surface area contributed by atoms with Crippen molar-refractivity contribution in [3.63, 3.8) is 0 Å². The van der Waals surface area contributed by atoms with E-state index in [1.807, 2.05) is 6.92 Å². The zero-order valence-corrected chi connectivity index (χ0v) is 12.4. The van der Waals surface area contributed by atoms with E-state index >= 15 is 0 Å². The Kier molecular flexibility index (Phi) is 4.09. The molecule has 0 saturated heterocycles. The summed E-state index contributed by atoms with van der Waals surface area (Å²) in [6, 6.07) is 9.57. The number of rotatable bonds is 4. The van der Waals surface area contributed by atoms with Gasteiger partial charge in [-0.2, -0.15) is 0 Å². The Hall–Kier alpha value is -2.21. The predicted octanol–water partition coefficient (Wildman–Crippen LogP) is 3.14. The van der Waals surface area contributed by atoms with Crippen LogP contribution in [-0.2, 0) is 10.0 Å². The molecule has 2 aromatic rings. The molecule has 0 fully saturated rings. The van der Waals surface area contributed by atoms with Crippen LogP contribution in [0.4, 0.5) is 10.1 Å². The second-order valence-corrected chi connectivity index (χ2v) is 6.35. The molecule has 21 heavy (non-hydrogen) atoms. The SMILES string of the molecule is CC(=O)c1ccc(F)cc1NS(=O)(=O)c1ccc(C)cc1. The highest BCUT2D eigenvalue weighted by Gasteiger charge is 2.17. The zero-order valence-electron chi connectivity index (χ0n) is 11.6. The summed E-state index contributed by atoms with van der Waals surface area (Å²) in [5.74, 6) is -0.974. The average Bonchev–Trinajstić information content (AvgIpc) is 2.38. The first-order valence-electron chi connectivity index (χ1n) is 6.19. The van der Waals surface area contributed by atoms with E-state index in [0.29, 0.717) is 0 Å². The van der Waals surface area contributed by atoms with Gasteiger partial charge < -0.3 is 0 Å². The molecule has 0 bridgehead atoms. The number of hydrogen-bond acceptors (Lipinski definition) is 3. The van der Waals surface area contributed by atoms with Crippen LogP contribution in [0.25, 0.3) is 0 Å². The van der Waals surface area contributed by atoms with Gasteiger partial charge in [0.15, 0.2) is 5.78 Å². The Balaban J connectivity index is 2.43. The standard InChI is InChI=1S/C15H14FNO3S/c1-10-3-6-13(7-4-10)21(19,20)17-15-9-12(16)5-8-14(15)11(2)18/h3-9,17H,1-2H3. The third-order valence-corrected chi connectivity index (χ3v) is 4.32. The molecule has 0 unspecified atom stereocenters. The van der Waals surface area contributed by atoms with Gasteiger partial charge in [0.1, 0.15) is 5.82 Å². The Bertz CT molecular complexity index is 783. The van der Waals surface area contributed by atoms with Crippen LogP contribution >= 0.6 is 0 Å². The summed E-state index contributed by atoms with van der Waals surface area (Å²) in [6.07, 6.45) is 0. The minimum atomic E-state index is -3.87. The van der Waals surface area contributed by atoms with Crippen LogP contribution in [0.3, 0.4) is 0 Å².